The van der Waals surface area contributed by atoms with Crippen molar-refractivity contribution in [1.29, 1.82) is 0 Å². The summed E-state index contributed by atoms with van der Waals surface area (Å²) < 4.78 is 10.5. The molecule has 1 fully saturated rings. The number of hydrogen-bond donors (Lipinski definition) is 4. The van der Waals surface area contributed by atoms with Crippen LogP contribution in [0.5, 0.6) is 11.5 Å². The predicted octanol–water partition coefficient (Wildman–Crippen LogP) is 4.24. The SMILES string of the molecule is COc1ccc(OC)c(NC(=O)Nc2cc(NNCc3ccc(N4CCCCC4)cc3)ncn2)c1. The van der Waals surface area contributed by atoms with Crippen LogP contribution < -0.4 is 35.9 Å². The smallest absolute Gasteiger partial charge is 0.324 e. The Hall–Kier alpha value is -4.05. The molecule has 0 unspecified atom stereocenters. The highest BCUT2D eigenvalue weighted by Gasteiger charge is 2.11. The van der Waals surface area contributed by atoms with E-state index in [2.05, 4.69) is 60.6 Å². The van der Waals surface area contributed by atoms with Gasteiger partial charge in [0.2, 0.25) is 0 Å². The zero-order valence-corrected chi connectivity index (χ0v) is 20.0. The first-order valence-corrected chi connectivity index (χ1v) is 11.6. The number of carbonyl (C=O) groups is 1. The first-order chi connectivity index (χ1) is 17.1. The normalized spacial score (nSPS) is 13.1. The molecule has 1 saturated heterocycles. The molecular weight excluding hydrogens is 446 g/mol. The van der Waals surface area contributed by atoms with E-state index in [1.165, 1.54) is 38.4 Å². The van der Waals surface area contributed by atoms with Crippen molar-refractivity contribution >= 4 is 29.0 Å². The maximum atomic E-state index is 12.5. The lowest BCUT2D eigenvalue weighted by atomic mass is 10.1. The van der Waals surface area contributed by atoms with Crippen molar-refractivity contribution in [1.82, 2.24) is 15.4 Å². The second-order valence-corrected chi connectivity index (χ2v) is 8.13. The minimum Gasteiger partial charge on any atom is -0.497 e. The summed E-state index contributed by atoms with van der Waals surface area (Å²) in [4.78, 5) is 23.2. The number of rotatable bonds is 9. The summed E-state index contributed by atoms with van der Waals surface area (Å²) in [7, 11) is 3.09. The van der Waals surface area contributed by atoms with E-state index >= 15 is 0 Å². The second-order valence-electron chi connectivity index (χ2n) is 8.13. The molecule has 35 heavy (non-hydrogen) atoms. The van der Waals surface area contributed by atoms with Gasteiger partial charge in [-0.05, 0) is 49.1 Å². The Morgan fingerprint density at radius 2 is 1.69 bits per heavy atom. The number of hydrogen-bond acceptors (Lipinski definition) is 8. The summed E-state index contributed by atoms with van der Waals surface area (Å²) in [6, 6.07) is 14.9. The van der Waals surface area contributed by atoms with E-state index < -0.39 is 6.03 Å². The molecule has 0 aliphatic carbocycles. The third kappa shape index (κ3) is 6.73. The molecule has 0 spiro atoms. The molecule has 1 aliphatic rings. The number of anilines is 4. The molecule has 0 radical (unpaired) electrons. The molecule has 0 atom stereocenters. The van der Waals surface area contributed by atoms with E-state index in [4.69, 9.17) is 9.47 Å². The van der Waals surface area contributed by atoms with Crippen LogP contribution in [0.1, 0.15) is 24.8 Å². The molecule has 1 aliphatic heterocycles. The van der Waals surface area contributed by atoms with Gasteiger partial charge in [-0.2, -0.15) is 0 Å². The lowest BCUT2D eigenvalue weighted by molar-refractivity contribution is 0.262. The van der Waals surface area contributed by atoms with Crippen molar-refractivity contribution < 1.29 is 14.3 Å². The van der Waals surface area contributed by atoms with E-state index in [0.29, 0.717) is 35.4 Å². The third-order valence-electron chi connectivity index (χ3n) is 5.73. The van der Waals surface area contributed by atoms with Crippen LogP contribution in [0.25, 0.3) is 0 Å². The summed E-state index contributed by atoms with van der Waals surface area (Å²) in [5.74, 6) is 1.98. The predicted molar refractivity (Wildman–Crippen MR) is 137 cm³/mol. The van der Waals surface area contributed by atoms with E-state index in [0.717, 1.165) is 18.7 Å². The van der Waals surface area contributed by atoms with Crippen LogP contribution in [-0.4, -0.2) is 43.3 Å². The van der Waals surface area contributed by atoms with Crippen LogP contribution >= 0.6 is 0 Å². The molecule has 2 aromatic carbocycles. The standard InChI is InChI=1S/C25H31N7O3/c1-34-20-10-11-22(35-2)21(14-20)29-25(33)30-23-15-24(27-17-26-23)31-28-16-18-6-8-19(9-7-18)32-12-4-3-5-13-32/h6-11,14-15,17,28H,3-5,12-13,16H2,1-2H3,(H3,26,27,29,30,31,33). The van der Waals surface area contributed by atoms with Gasteiger partial charge in [0, 0.05) is 37.5 Å². The Labute approximate surface area is 205 Å². The lowest BCUT2D eigenvalue weighted by Crippen LogP contribution is -2.29. The number of amides is 2. The van der Waals surface area contributed by atoms with Gasteiger partial charge in [0.15, 0.2) is 0 Å². The van der Waals surface area contributed by atoms with Gasteiger partial charge in [0.25, 0.3) is 0 Å². The molecule has 3 aromatic rings. The largest absolute Gasteiger partial charge is 0.497 e. The highest BCUT2D eigenvalue weighted by molar-refractivity contribution is 6.00. The molecule has 1 aromatic heterocycles. The average Bonchev–Trinajstić information content (AvgIpc) is 2.89. The van der Waals surface area contributed by atoms with Crippen LogP contribution in [0.15, 0.2) is 54.9 Å². The van der Waals surface area contributed by atoms with Crippen molar-refractivity contribution in [2.75, 3.05) is 48.3 Å². The van der Waals surface area contributed by atoms with Crippen molar-refractivity contribution in [2.45, 2.75) is 25.8 Å². The van der Waals surface area contributed by atoms with Crippen LogP contribution in [-0.2, 0) is 6.54 Å². The monoisotopic (exact) mass is 477 g/mol. The number of methoxy groups -OCH3 is 2. The number of nitrogens with zero attached hydrogens (tertiary/aromatic N) is 3. The number of hydrazine groups is 1. The lowest BCUT2D eigenvalue weighted by Gasteiger charge is -2.28. The summed E-state index contributed by atoms with van der Waals surface area (Å²) in [6.45, 7) is 2.88. The molecule has 10 heteroatoms. The van der Waals surface area contributed by atoms with Crippen LogP contribution in [0, 0.1) is 0 Å². The van der Waals surface area contributed by atoms with E-state index in [-0.39, 0.29) is 0 Å². The number of nitrogens with one attached hydrogen (secondary N) is 4. The minimum atomic E-state index is -0.469. The fraction of sp³-hybridized carbons (Fsp3) is 0.320. The molecule has 0 bridgehead atoms. The van der Waals surface area contributed by atoms with E-state index in [1.807, 2.05) is 0 Å². The van der Waals surface area contributed by atoms with Gasteiger partial charge < -0.3 is 25.1 Å². The van der Waals surface area contributed by atoms with Gasteiger partial charge in [0.1, 0.15) is 29.5 Å². The molecule has 184 valence electrons. The molecule has 2 amide bonds. The van der Waals surface area contributed by atoms with Crippen molar-refractivity contribution in [3.63, 3.8) is 0 Å². The summed E-state index contributed by atoms with van der Waals surface area (Å²) in [6.07, 6.45) is 5.23. The van der Waals surface area contributed by atoms with Gasteiger partial charge in [-0.3, -0.25) is 5.32 Å². The van der Waals surface area contributed by atoms with Crippen LogP contribution in [0.3, 0.4) is 0 Å². The Morgan fingerprint density at radius 1 is 0.914 bits per heavy atom. The topological polar surface area (TPSA) is 113 Å². The summed E-state index contributed by atoms with van der Waals surface area (Å²) >= 11 is 0. The van der Waals surface area contributed by atoms with E-state index in [1.54, 1.807) is 31.4 Å². The van der Waals surface area contributed by atoms with Crippen LogP contribution in [0.2, 0.25) is 0 Å². The van der Waals surface area contributed by atoms with Crippen molar-refractivity contribution in [3.05, 3.63) is 60.4 Å². The third-order valence-corrected chi connectivity index (χ3v) is 5.73. The quantitative estimate of drug-likeness (QED) is 0.339. The van der Waals surface area contributed by atoms with Gasteiger partial charge in [-0.15, -0.1) is 0 Å². The van der Waals surface area contributed by atoms with Crippen LogP contribution in [0.4, 0.5) is 27.8 Å². The second kappa shape index (κ2) is 11.9. The zero-order chi connectivity index (χ0) is 24.5. The maximum absolute atomic E-state index is 12.5. The van der Waals surface area contributed by atoms with Crippen molar-refractivity contribution in [3.8, 4) is 11.5 Å². The number of ether oxygens (including phenoxy) is 2. The highest BCUT2D eigenvalue weighted by atomic mass is 16.5. The minimum absolute atomic E-state index is 0.342. The van der Waals surface area contributed by atoms with Gasteiger partial charge in [0.05, 0.1) is 19.9 Å². The molecule has 0 saturated carbocycles. The zero-order valence-electron chi connectivity index (χ0n) is 20.0. The fourth-order valence-corrected chi connectivity index (χ4v) is 3.89. The molecule has 2 heterocycles. The molecule has 10 nitrogen and oxygen atoms in total. The first-order valence-electron chi connectivity index (χ1n) is 11.6. The van der Waals surface area contributed by atoms with E-state index in [9.17, 15) is 4.79 Å². The summed E-state index contributed by atoms with van der Waals surface area (Å²) in [5, 5.41) is 5.44. The Balaban J connectivity index is 1.28. The maximum Gasteiger partial charge on any atom is 0.324 e. The molecule has 4 N–H and O–H groups in total. The molecular formula is C25H31N7O3. The fourth-order valence-electron chi connectivity index (χ4n) is 3.89. The first kappa shape index (κ1) is 24.1. The van der Waals surface area contributed by atoms with Gasteiger partial charge >= 0.3 is 6.03 Å². The van der Waals surface area contributed by atoms with Gasteiger partial charge in [-0.1, -0.05) is 12.1 Å². The average molecular weight is 478 g/mol. The number of piperidine rings is 1. The Kier molecular flexibility index (Phi) is 8.18. The number of carbonyl (C=O) groups excluding carboxylic acids is 1. The number of benzene rings is 2. The number of aromatic nitrogens is 2. The van der Waals surface area contributed by atoms with Crippen molar-refractivity contribution in [2.24, 2.45) is 0 Å². The Bertz CT molecular complexity index is 1120. The highest BCUT2D eigenvalue weighted by Crippen LogP contribution is 2.29. The molecule has 4 rings (SSSR count). The Morgan fingerprint density at radius 3 is 2.43 bits per heavy atom. The van der Waals surface area contributed by atoms with Gasteiger partial charge in [-0.25, -0.2) is 20.2 Å². The number of urea groups is 1. The summed E-state index contributed by atoms with van der Waals surface area (Å²) in [5.41, 5.74) is 9.10.